The fraction of sp³-hybridized carbons (Fsp3) is 0.789. The number of amides is 3. The van der Waals surface area contributed by atoms with E-state index in [1.165, 1.54) is 0 Å². The number of rotatable bonds is 9. The summed E-state index contributed by atoms with van der Waals surface area (Å²) in [4.78, 5) is 48.5. The lowest BCUT2D eigenvalue weighted by Crippen LogP contribution is -2.57. The van der Waals surface area contributed by atoms with Crippen LogP contribution in [0, 0.1) is 11.8 Å². The zero-order valence-electron chi connectivity index (χ0n) is 18.2. The molecule has 0 aromatic heterocycles. The van der Waals surface area contributed by atoms with Crippen molar-refractivity contribution in [3.8, 4) is 0 Å². The predicted molar refractivity (Wildman–Crippen MR) is 104 cm³/mol. The van der Waals surface area contributed by atoms with E-state index in [4.69, 9.17) is 9.47 Å². The molecule has 0 aromatic rings. The van der Waals surface area contributed by atoms with Gasteiger partial charge in [-0.25, -0.2) is 4.79 Å². The summed E-state index contributed by atoms with van der Waals surface area (Å²) in [5, 5.41) is 7.65. The van der Waals surface area contributed by atoms with Gasteiger partial charge in [0.15, 0.2) is 0 Å². The number of esters is 1. The third kappa shape index (κ3) is 10.1. The predicted octanol–water partition coefficient (Wildman–Crippen LogP) is 1.36. The van der Waals surface area contributed by atoms with Crippen molar-refractivity contribution < 1.29 is 28.7 Å². The number of nitrogens with one attached hydrogen (secondary N) is 3. The van der Waals surface area contributed by atoms with Gasteiger partial charge in [-0.1, -0.05) is 27.7 Å². The molecule has 3 N–H and O–H groups in total. The van der Waals surface area contributed by atoms with Crippen LogP contribution in [-0.4, -0.2) is 54.7 Å². The molecule has 0 fully saturated rings. The molecule has 0 heterocycles. The van der Waals surface area contributed by atoms with Crippen molar-refractivity contribution in [3.63, 3.8) is 0 Å². The van der Waals surface area contributed by atoms with Crippen LogP contribution in [0.3, 0.4) is 0 Å². The highest BCUT2D eigenvalue weighted by atomic mass is 16.6. The van der Waals surface area contributed by atoms with Crippen molar-refractivity contribution in [1.29, 1.82) is 0 Å². The van der Waals surface area contributed by atoms with E-state index in [9.17, 15) is 19.2 Å². The first kappa shape index (κ1) is 25.7. The third-order valence-electron chi connectivity index (χ3n) is 3.58. The summed E-state index contributed by atoms with van der Waals surface area (Å²) in [7, 11) is 0. The Kier molecular flexibility index (Phi) is 10.6. The van der Waals surface area contributed by atoms with E-state index in [-0.39, 0.29) is 25.0 Å². The summed E-state index contributed by atoms with van der Waals surface area (Å²) in [6.45, 7) is 13.8. The van der Waals surface area contributed by atoms with E-state index in [1.807, 2.05) is 0 Å². The standard InChI is InChI=1S/C19H35N3O6/c1-9-27-13(23)10-20-16(24)14(11(2)3)21-17(25)15(12(4)5)22-18(26)28-19(6,7)8/h11-12,14-15H,9-10H2,1-8H3,(H,20,24)(H,21,25)(H,22,26)/t14-,15+/m1/s1. The van der Waals surface area contributed by atoms with Crippen LogP contribution in [-0.2, 0) is 23.9 Å². The van der Waals surface area contributed by atoms with Gasteiger partial charge in [0.2, 0.25) is 11.8 Å². The highest BCUT2D eigenvalue weighted by molar-refractivity contribution is 5.92. The molecule has 0 aromatic carbocycles. The van der Waals surface area contributed by atoms with Crippen LogP contribution >= 0.6 is 0 Å². The monoisotopic (exact) mass is 401 g/mol. The first-order chi connectivity index (χ1) is 12.8. The highest BCUT2D eigenvalue weighted by Crippen LogP contribution is 2.10. The Hall–Kier alpha value is -2.32. The van der Waals surface area contributed by atoms with Gasteiger partial charge in [-0.3, -0.25) is 14.4 Å². The molecule has 9 nitrogen and oxygen atoms in total. The van der Waals surface area contributed by atoms with E-state index >= 15 is 0 Å². The molecule has 0 aliphatic rings. The Labute approximate surface area is 167 Å². The number of alkyl carbamates (subject to hydrolysis) is 1. The van der Waals surface area contributed by atoms with Crippen molar-refractivity contribution in [1.82, 2.24) is 16.0 Å². The molecule has 0 saturated carbocycles. The molecule has 28 heavy (non-hydrogen) atoms. The minimum Gasteiger partial charge on any atom is -0.465 e. The number of carbonyl (C=O) groups is 4. The summed E-state index contributed by atoms with van der Waals surface area (Å²) in [6, 6.07) is -1.75. The van der Waals surface area contributed by atoms with Gasteiger partial charge in [-0.2, -0.15) is 0 Å². The first-order valence-electron chi connectivity index (χ1n) is 9.51. The highest BCUT2D eigenvalue weighted by Gasteiger charge is 2.31. The largest absolute Gasteiger partial charge is 0.465 e. The molecule has 0 saturated heterocycles. The zero-order chi connectivity index (χ0) is 22.1. The number of hydrogen-bond donors (Lipinski definition) is 3. The molecule has 9 heteroatoms. The molecule has 0 rings (SSSR count). The van der Waals surface area contributed by atoms with E-state index in [0.29, 0.717) is 0 Å². The van der Waals surface area contributed by atoms with Crippen LogP contribution in [0.15, 0.2) is 0 Å². The van der Waals surface area contributed by atoms with Crippen molar-refractivity contribution >= 4 is 23.9 Å². The molecule has 3 amide bonds. The normalized spacial score (nSPS) is 13.5. The molecule has 0 aliphatic carbocycles. The van der Waals surface area contributed by atoms with Gasteiger partial charge in [0, 0.05) is 0 Å². The second-order valence-electron chi connectivity index (χ2n) is 8.12. The molecule has 0 unspecified atom stereocenters. The lowest BCUT2D eigenvalue weighted by Gasteiger charge is -2.28. The van der Waals surface area contributed by atoms with Crippen LogP contribution in [0.25, 0.3) is 0 Å². The fourth-order valence-corrected chi connectivity index (χ4v) is 2.23. The van der Waals surface area contributed by atoms with Crippen LogP contribution < -0.4 is 16.0 Å². The molecular weight excluding hydrogens is 366 g/mol. The Morgan fingerprint density at radius 1 is 0.857 bits per heavy atom. The minimum atomic E-state index is -0.881. The zero-order valence-corrected chi connectivity index (χ0v) is 18.2. The first-order valence-corrected chi connectivity index (χ1v) is 9.51. The van der Waals surface area contributed by atoms with Gasteiger partial charge in [0.25, 0.3) is 0 Å². The van der Waals surface area contributed by atoms with E-state index in [2.05, 4.69) is 16.0 Å². The van der Waals surface area contributed by atoms with Gasteiger partial charge in [0.05, 0.1) is 6.61 Å². The molecule has 0 aliphatic heterocycles. The maximum Gasteiger partial charge on any atom is 0.408 e. The Bertz CT molecular complexity index is 554. The number of ether oxygens (including phenoxy) is 2. The maximum absolute atomic E-state index is 12.7. The van der Waals surface area contributed by atoms with Gasteiger partial charge >= 0.3 is 12.1 Å². The van der Waals surface area contributed by atoms with Gasteiger partial charge in [-0.15, -0.1) is 0 Å². The minimum absolute atomic E-state index is 0.214. The van der Waals surface area contributed by atoms with Gasteiger partial charge < -0.3 is 25.4 Å². The topological polar surface area (TPSA) is 123 Å². The average molecular weight is 402 g/mol. The molecular formula is C19H35N3O6. The van der Waals surface area contributed by atoms with Crippen LogP contribution in [0.4, 0.5) is 4.79 Å². The average Bonchev–Trinajstić information content (AvgIpc) is 2.53. The number of hydrogen-bond acceptors (Lipinski definition) is 6. The second kappa shape index (κ2) is 11.5. The molecule has 2 atom stereocenters. The van der Waals surface area contributed by atoms with E-state index < -0.39 is 41.6 Å². The quantitative estimate of drug-likeness (QED) is 0.501. The fourth-order valence-electron chi connectivity index (χ4n) is 2.23. The lowest BCUT2D eigenvalue weighted by atomic mass is 10.00. The summed E-state index contributed by atoms with van der Waals surface area (Å²) >= 11 is 0. The van der Waals surface area contributed by atoms with Gasteiger partial charge in [-0.05, 0) is 39.5 Å². The van der Waals surface area contributed by atoms with Crippen LogP contribution in [0.2, 0.25) is 0 Å². The summed E-state index contributed by atoms with van der Waals surface area (Å²) in [6.07, 6.45) is -0.714. The van der Waals surface area contributed by atoms with Crippen molar-refractivity contribution in [2.75, 3.05) is 13.2 Å². The number of carbonyl (C=O) groups excluding carboxylic acids is 4. The van der Waals surface area contributed by atoms with E-state index in [1.54, 1.807) is 55.4 Å². The summed E-state index contributed by atoms with van der Waals surface area (Å²) in [5.41, 5.74) is -0.699. The second-order valence-corrected chi connectivity index (χ2v) is 8.12. The molecule has 0 radical (unpaired) electrons. The van der Waals surface area contributed by atoms with Gasteiger partial charge in [0.1, 0.15) is 24.2 Å². The van der Waals surface area contributed by atoms with Crippen molar-refractivity contribution in [2.45, 2.75) is 73.1 Å². The molecule has 0 bridgehead atoms. The van der Waals surface area contributed by atoms with Crippen LogP contribution in [0.5, 0.6) is 0 Å². The summed E-state index contributed by atoms with van der Waals surface area (Å²) in [5.74, 6) is -2.04. The van der Waals surface area contributed by atoms with Crippen LogP contribution in [0.1, 0.15) is 55.4 Å². The Balaban J connectivity index is 5.04. The SMILES string of the molecule is CCOC(=O)CNC(=O)[C@H](NC(=O)[C@@H](NC(=O)OC(C)(C)C)C(C)C)C(C)C. The van der Waals surface area contributed by atoms with Crippen molar-refractivity contribution in [2.24, 2.45) is 11.8 Å². The Morgan fingerprint density at radius 2 is 1.36 bits per heavy atom. The maximum atomic E-state index is 12.7. The summed E-state index contributed by atoms with van der Waals surface area (Å²) < 4.78 is 9.96. The Morgan fingerprint density at radius 3 is 1.79 bits per heavy atom. The lowest BCUT2D eigenvalue weighted by molar-refractivity contribution is -0.143. The smallest absolute Gasteiger partial charge is 0.408 e. The van der Waals surface area contributed by atoms with E-state index in [0.717, 1.165) is 0 Å². The third-order valence-corrected chi connectivity index (χ3v) is 3.58. The molecule has 162 valence electrons. The molecule has 0 spiro atoms. The van der Waals surface area contributed by atoms with Crippen molar-refractivity contribution in [3.05, 3.63) is 0 Å².